The average Bonchev–Trinajstić information content (AvgIpc) is 3.19. The zero-order chi connectivity index (χ0) is 25.0. The number of aliphatic hydroxyl groups excluding tert-OH is 1. The van der Waals surface area contributed by atoms with E-state index in [1.165, 1.54) is 13.3 Å². The summed E-state index contributed by atoms with van der Waals surface area (Å²) in [7, 11) is 1.53. The summed E-state index contributed by atoms with van der Waals surface area (Å²) in [5, 5.41) is 29.1. The normalized spacial score (nSPS) is 17.6. The van der Waals surface area contributed by atoms with Crippen molar-refractivity contribution in [2.45, 2.75) is 25.4 Å². The molecule has 1 aromatic carbocycles. The number of ether oxygens (including phenoxy) is 2. The van der Waals surface area contributed by atoms with Crippen molar-refractivity contribution in [3.63, 3.8) is 0 Å². The van der Waals surface area contributed by atoms with Gasteiger partial charge in [-0.1, -0.05) is 18.7 Å². The molecule has 0 unspecified atom stereocenters. The Bertz CT molecular complexity index is 1120. The van der Waals surface area contributed by atoms with Crippen LogP contribution in [0.3, 0.4) is 0 Å². The monoisotopic (exact) mass is 475 g/mol. The second kappa shape index (κ2) is 10.4. The van der Waals surface area contributed by atoms with E-state index in [0.717, 1.165) is 16.2 Å². The molecule has 0 aliphatic carbocycles. The van der Waals surface area contributed by atoms with Gasteiger partial charge in [-0.15, -0.1) is 5.01 Å². The first-order valence-corrected chi connectivity index (χ1v) is 10.1. The van der Waals surface area contributed by atoms with E-state index in [1.54, 1.807) is 24.3 Å². The number of amides is 2. The Hall–Kier alpha value is -3.78. The van der Waals surface area contributed by atoms with Crippen LogP contribution >= 0.6 is 0 Å². The molecular formula is C21H25N5O8. The first-order chi connectivity index (χ1) is 16.1. The summed E-state index contributed by atoms with van der Waals surface area (Å²) in [6, 6.07) is 8.15. The Labute approximate surface area is 193 Å². The Morgan fingerprint density at radius 1 is 1.32 bits per heavy atom. The fraction of sp³-hybridized carbons (Fsp3) is 0.333. The molecule has 34 heavy (non-hydrogen) atoms. The van der Waals surface area contributed by atoms with Crippen molar-refractivity contribution in [2.75, 3.05) is 18.7 Å². The number of aryl methyl sites for hydroxylation is 1. The third-order valence-corrected chi connectivity index (χ3v) is 5.31. The number of hydrogen-bond acceptors (Lipinski definition) is 9. The lowest BCUT2D eigenvalue weighted by Crippen LogP contribution is -2.54. The summed E-state index contributed by atoms with van der Waals surface area (Å²) in [6.45, 7) is 3.66. The van der Waals surface area contributed by atoms with Crippen molar-refractivity contribution in [1.82, 2.24) is 14.7 Å². The topological polar surface area (TPSA) is 181 Å². The molecule has 2 heterocycles. The van der Waals surface area contributed by atoms with Crippen LogP contribution in [-0.4, -0.2) is 62.0 Å². The average molecular weight is 475 g/mol. The van der Waals surface area contributed by atoms with E-state index in [-0.39, 0.29) is 25.0 Å². The molecule has 1 fully saturated rings. The molecule has 13 heteroatoms. The van der Waals surface area contributed by atoms with E-state index >= 15 is 0 Å². The summed E-state index contributed by atoms with van der Waals surface area (Å²) in [5.74, 6) is 4.48. The molecule has 5 N–H and O–H groups in total. The highest BCUT2D eigenvalue weighted by molar-refractivity contribution is 5.89. The Morgan fingerprint density at radius 2 is 2.00 bits per heavy atom. The molecule has 1 aliphatic heterocycles. The maximum Gasteiger partial charge on any atom is 0.433 e. The first kappa shape index (κ1) is 24.9. The lowest BCUT2D eigenvalue weighted by Gasteiger charge is -2.27. The van der Waals surface area contributed by atoms with Crippen LogP contribution < -0.4 is 21.3 Å². The van der Waals surface area contributed by atoms with Gasteiger partial charge in [0, 0.05) is 12.6 Å². The van der Waals surface area contributed by atoms with Crippen LogP contribution in [0.4, 0.5) is 10.6 Å². The molecule has 182 valence electrons. The summed E-state index contributed by atoms with van der Waals surface area (Å²) in [4.78, 5) is 40.6. The van der Waals surface area contributed by atoms with Gasteiger partial charge in [0.1, 0.15) is 5.75 Å². The van der Waals surface area contributed by atoms with Crippen LogP contribution in [0.2, 0.25) is 0 Å². The largest absolute Gasteiger partial charge is 0.497 e. The minimum Gasteiger partial charge on any atom is -0.497 e. The second-order valence-electron chi connectivity index (χ2n) is 7.44. The van der Waals surface area contributed by atoms with E-state index in [2.05, 4.69) is 11.6 Å². The van der Waals surface area contributed by atoms with E-state index in [0.29, 0.717) is 15.9 Å². The molecule has 0 spiro atoms. The van der Waals surface area contributed by atoms with Crippen LogP contribution in [0.5, 0.6) is 5.75 Å². The number of carboxylic acid groups (broad SMARTS) is 1. The molecule has 2 atom stereocenters. The van der Waals surface area contributed by atoms with Crippen molar-refractivity contribution in [1.29, 1.82) is 0 Å². The Kier molecular flexibility index (Phi) is 7.63. The fourth-order valence-corrected chi connectivity index (χ4v) is 3.40. The number of aliphatic hydroxyl groups is 2. The zero-order valence-corrected chi connectivity index (χ0v) is 18.3. The molecule has 2 amide bonds. The number of nitrogens with zero attached hydrogens (tertiary/aromatic N) is 4. The molecule has 1 saturated heterocycles. The number of methoxy groups -OCH3 is 1. The SMILES string of the molecule is C=C1[C@H](C(O)O)CO[C@@H]1n1ccc(N(C(=O)O)N(N)C(=O)CCc2ccc(OC)cc2)nc1=O. The first-order valence-electron chi connectivity index (χ1n) is 10.1. The van der Waals surface area contributed by atoms with Crippen molar-refractivity contribution in [2.24, 2.45) is 11.8 Å². The van der Waals surface area contributed by atoms with Crippen LogP contribution in [0.15, 0.2) is 53.5 Å². The molecule has 1 aromatic heterocycles. The van der Waals surface area contributed by atoms with Crippen LogP contribution in [-0.2, 0) is 16.0 Å². The highest BCUT2D eigenvalue weighted by Crippen LogP contribution is 2.33. The molecule has 0 saturated carbocycles. The van der Waals surface area contributed by atoms with Crippen molar-refractivity contribution in [3.8, 4) is 5.75 Å². The zero-order valence-electron chi connectivity index (χ0n) is 18.3. The Morgan fingerprint density at radius 3 is 2.53 bits per heavy atom. The van der Waals surface area contributed by atoms with Gasteiger partial charge in [0.25, 0.3) is 5.91 Å². The highest BCUT2D eigenvalue weighted by atomic mass is 16.5. The predicted molar refractivity (Wildman–Crippen MR) is 117 cm³/mol. The lowest BCUT2D eigenvalue weighted by molar-refractivity contribution is -0.131. The number of anilines is 1. The van der Waals surface area contributed by atoms with Gasteiger partial charge in [0.2, 0.25) is 0 Å². The smallest absolute Gasteiger partial charge is 0.433 e. The number of aromatic nitrogens is 2. The van der Waals surface area contributed by atoms with Crippen LogP contribution in [0.1, 0.15) is 18.2 Å². The Balaban J connectivity index is 1.74. The van der Waals surface area contributed by atoms with Gasteiger partial charge < -0.3 is 24.8 Å². The maximum absolute atomic E-state index is 12.6. The van der Waals surface area contributed by atoms with Gasteiger partial charge in [0.05, 0.1) is 19.6 Å². The van der Waals surface area contributed by atoms with Crippen molar-refractivity contribution < 1.29 is 34.4 Å². The van der Waals surface area contributed by atoms with Crippen LogP contribution in [0.25, 0.3) is 0 Å². The number of rotatable bonds is 7. The molecule has 1 aliphatic rings. The van der Waals surface area contributed by atoms with Gasteiger partial charge in [-0.2, -0.15) is 10.1 Å². The lowest BCUT2D eigenvalue weighted by atomic mass is 10.0. The van der Waals surface area contributed by atoms with Gasteiger partial charge in [0.15, 0.2) is 18.3 Å². The predicted octanol–water partition coefficient (Wildman–Crippen LogP) is -0.00170. The van der Waals surface area contributed by atoms with Crippen molar-refractivity contribution in [3.05, 3.63) is 64.7 Å². The third kappa shape index (κ3) is 5.23. The summed E-state index contributed by atoms with van der Waals surface area (Å²) < 4.78 is 11.5. The summed E-state index contributed by atoms with van der Waals surface area (Å²) in [5.41, 5.74) is 0.145. The highest BCUT2D eigenvalue weighted by Gasteiger charge is 2.36. The van der Waals surface area contributed by atoms with Gasteiger partial charge in [-0.3, -0.25) is 9.36 Å². The minimum atomic E-state index is -1.71. The van der Waals surface area contributed by atoms with E-state index < -0.39 is 41.9 Å². The maximum atomic E-state index is 12.6. The molecule has 3 rings (SSSR count). The minimum absolute atomic E-state index is 0.0735. The number of benzene rings is 1. The fourth-order valence-electron chi connectivity index (χ4n) is 3.40. The molecular weight excluding hydrogens is 450 g/mol. The summed E-state index contributed by atoms with van der Waals surface area (Å²) >= 11 is 0. The van der Waals surface area contributed by atoms with Gasteiger partial charge in [-0.25, -0.2) is 15.4 Å². The van der Waals surface area contributed by atoms with Gasteiger partial charge >= 0.3 is 11.8 Å². The molecule has 13 nitrogen and oxygen atoms in total. The van der Waals surface area contributed by atoms with Gasteiger partial charge in [-0.05, 0) is 35.8 Å². The molecule has 0 bridgehead atoms. The number of carbonyl (C=O) groups is 2. The molecule has 0 radical (unpaired) electrons. The number of hydrogen-bond donors (Lipinski definition) is 4. The standard InChI is InChI=1S/C21H25N5O8/c1-12-15(19(28)29)11-34-18(12)24-10-9-16(23-20(24)30)25(21(31)32)26(22)17(27)8-5-13-3-6-14(33-2)7-4-13/h3-4,6-7,9-10,15,18-19,28-29H,1,5,8,11,22H2,2H3,(H,31,32)/t15-,18+/m1/s1. The summed E-state index contributed by atoms with van der Waals surface area (Å²) in [6.07, 6.45) is -2.98. The van der Waals surface area contributed by atoms with Crippen molar-refractivity contribution >= 4 is 17.8 Å². The quantitative estimate of drug-likeness (QED) is 0.140. The third-order valence-electron chi connectivity index (χ3n) is 5.31. The second-order valence-corrected chi connectivity index (χ2v) is 7.44. The number of hydrazine groups is 2. The van der Waals surface area contributed by atoms with E-state index in [9.17, 15) is 29.7 Å². The van der Waals surface area contributed by atoms with E-state index in [1.807, 2.05) is 0 Å². The van der Waals surface area contributed by atoms with E-state index in [4.69, 9.17) is 15.3 Å². The number of carbonyl (C=O) groups excluding carboxylic acids is 1. The van der Waals surface area contributed by atoms with Crippen LogP contribution in [0, 0.1) is 5.92 Å². The molecule has 2 aromatic rings. The number of nitrogens with two attached hydrogens (primary N) is 1.